The number of hydrogen-bond donors (Lipinski definition) is 5. The van der Waals surface area contributed by atoms with Gasteiger partial charge in [-0.3, -0.25) is 4.79 Å². The van der Waals surface area contributed by atoms with E-state index in [1.54, 1.807) is 0 Å². The number of carboxylic acids is 1. The molecule has 34 heavy (non-hydrogen) atoms. The van der Waals surface area contributed by atoms with Gasteiger partial charge in [-0.2, -0.15) is 12.6 Å². The van der Waals surface area contributed by atoms with Gasteiger partial charge in [-0.15, -0.1) is 0 Å². The van der Waals surface area contributed by atoms with Gasteiger partial charge in [0.2, 0.25) is 5.91 Å². The van der Waals surface area contributed by atoms with Crippen LogP contribution in [0.2, 0.25) is 0 Å². The first-order chi connectivity index (χ1) is 16.0. The van der Waals surface area contributed by atoms with Gasteiger partial charge >= 0.3 is 5.97 Å². The normalized spacial score (nSPS) is 45.4. The molecule has 4 saturated carbocycles. The second kappa shape index (κ2) is 9.93. The summed E-state index contributed by atoms with van der Waals surface area (Å²) in [4.78, 5) is 23.6. The molecule has 7 heteroatoms. The van der Waals surface area contributed by atoms with E-state index in [0.29, 0.717) is 48.3 Å². The van der Waals surface area contributed by atoms with Gasteiger partial charge in [0.25, 0.3) is 0 Å². The smallest absolute Gasteiger partial charge is 0.327 e. The van der Waals surface area contributed by atoms with Crippen molar-refractivity contribution in [3.05, 3.63) is 0 Å². The second-order valence-corrected chi connectivity index (χ2v) is 12.9. The number of carbonyl (C=O) groups excluding carboxylic acids is 1. The highest BCUT2D eigenvalue weighted by Gasteiger charge is 2.63. The maximum absolute atomic E-state index is 12.4. The Balaban J connectivity index is 1.43. The lowest BCUT2D eigenvalue weighted by Gasteiger charge is -2.62. The Morgan fingerprint density at radius 2 is 1.79 bits per heavy atom. The third kappa shape index (κ3) is 4.43. The van der Waals surface area contributed by atoms with Crippen LogP contribution in [0.1, 0.15) is 85.0 Å². The molecule has 0 spiro atoms. The summed E-state index contributed by atoms with van der Waals surface area (Å²) in [5, 5.41) is 33.6. The molecular formula is C27H45NO5S. The minimum absolute atomic E-state index is 0.0759. The van der Waals surface area contributed by atoms with E-state index in [1.807, 2.05) is 0 Å². The third-order valence-corrected chi connectivity index (χ3v) is 11.5. The number of aliphatic hydroxyl groups excluding tert-OH is 2. The molecule has 0 aromatic heterocycles. The van der Waals surface area contributed by atoms with Gasteiger partial charge in [-0.05, 0) is 104 Å². The number of aliphatic hydroxyl groups is 2. The Bertz CT molecular complexity index is 778. The molecule has 4 fully saturated rings. The van der Waals surface area contributed by atoms with E-state index >= 15 is 0 Å². The Morgan fingerprint density at radius 3 is 2.47 bits per heavy atom. The van der Waals surface area contributed by atoms with E-state index in [2.05, 4.69) is 38.7 Å². The molecule has 4 N–H and O–H groups in total. The van der Waals surface area contributed by atoms with Crippen LogP contribution >= 0.6 is 12.6 Å². The molecule has 0 heterocycles. The molecule has 0 aromatic carbocycles. The molecule has 4 aliphatic rings. The lowest BCUT2D eigenvalue weighted by molar-refractivity contribution is -0.175. The molecule has 1 amide bonds. The largest absolute Gasteiger partial charge is 0.480 e. The summed E-state index contributed by atoms with van der Waals surface area (Å²) in [6, 6.07) is -0.950. The van der Waals surface area contributed by atoms with E-state index in [9.17, 15) is 19.8 Å². The van der Waals surface area contributed by atoms with Gasteiger partial charge in [-0.1, -0.05) is 20.8 Å². The highest BCUT2D eigenvalue weighted by atomic mass is 32.1. The van der Waals surface area contributed by atoms with Crippen LogP contribution in [0.4, 0.5) is 0 Å². The summed E-state index contributed by atoms with van der Waals surface area (Å²) in [5.74, 6) is 1.75. The predicted octanol–water partition coefficient (Wildman–Crippen LogP) is 3.89. The van der Waals surface area contributed by atoms with Crippen LogP contribution in [-0.4, -0.2) is 51.2 Å². The Labute approximate surface area is 210 Å². The molecule has 11 unspecified atom stereocenters. The number of thiol groups is 1. The summed E-state index contributed by atoms with van der Waals surface area (Å²) in [5.41, 5.74) is 0.114. The standard InChI is InChI=1S/C27H45NO5S/c1-15(4-9-24(31)28-22(14-34)25(32)33)19-7-8-20-18-6-5-16-12-17(29)10-11-26(16,2)21(18)13-23(30)27(19,20)3/h15-23,29-30,34H,4-14H2,1-3H3,(H,28,31)(H,32,33). The van der Waals surface area contributed by atoms with Crippen LogP contribution in [0, 0.1) is 46.3 Å². The van der Waals surface area contributed by atoms with Crippen LogP contribution in [0.25, 0.3) is 0 Å². The van der Waals surface area contributed by atoms with Crippen LogP contribution < -0.4 is 5.32 Å². The van der Waals surface area contributed by atoms with E-state index in [4.69, 9.17) is 5.11 Å². The summed E-state index contributed by atoms with van der Waals surface area (Å²) in [7, 11) is 0. The highest BCUT2D eigenvalue weighted by Crippen LogP contribution is 2.68. The van der Waals surface area contributed by atoms with E-state index < -0.39 is 12.0 Å². The van der Waals surface area contributed by atoms with Crippen molar-refractivity contribution in [2.75, 3.05) is 5.75 Å². The lowest BCUT2D eigenvalue weighted by Crippen LogP contribution is -2.58. The molecule has 4 rings (SSSR count). The van der Waals surface area contributed by atoms with Gasteiger partial charge in [0.15, 0.2) is 0 Å². The van der Waals surface area contributed by atoms with Crippen LogP contribution in [-0.2, 0) is 9.59 Å². The fraction of sp³-hybridized carbons (Fsp3) is 0.926. The Morgan fingerprint density at radius 1 is 1.06 bits per heavy atom. The summed E-state index contributed by atoms with van der Waals surface area (Å²) in [6.45, 7) is 6.96. The van der Waals surface area contributed by atoms with Crippen LogP contribution in [0.3, 0.4) is 0 Å². The molecule has 0 aliphatic heterocycles. The van der Waals surface area contributed by atoms with Crippen molar-refractivity contribution in [3.8, 4) is 0 Å². The zero-order valence-corrected chi connectivity index (χ0v) is 22.0. The number of fused-ring (bicyclic) bond motifs is 5. The van der Waals surface area contributed by atoms with E-state index in [-0.39, 0.29) is 34.7 Å². The number of aliphatic carboxylic acids is 1. The van der Waals surface area contributed by atoms with Crippen molar-refractivity contribution in [3.63, 3.8) is 0 Å². The Kier molecular flexibility index (Phi) is 7.67. The van der Waals surface area contributed by atoms with Crippen molar-refractivity contribution in [2.45, 2.75) is 103 Å². The average molecular weight is 496 g/mol. The number of nitrogens with one attached hydrogen (secondary N) is 1. The molecule has 11 atom stereocenters. The van der Waals surface area contributed by atoms with E-state index in [0.717, 1.165) is 38.5 Å². The molecule has 4 aliphatic carbocycles. The summed E-state index contributed by atoms with van der Waals surface area (Å²) < 4.78 is 0. The quantitative estimate of drug-likeness (QED) is 0.345. The zero-order valence-electron chi connectivity index (χ0n) is 21.1. The van der Waals surface area contributed by atoms with Gasteiger partial charge in [0.1, 0.15) is 6.04 Å². The number of rotatable bonds is 7. The lowest BCUT2D eigenvalue weighted by atomic mass is 9.43. The van der Waals surface area contributed by atoms with Crippen molar-refractivity contribution < 1.29 is 24.9 Å². The van der Waals surface area contributed by atoms with Crippen molar-refractivity contribution in [1.29, 1.82) is 0 Å². The fourth-order valence-corrected chi connectivity index (χ4v) is 9.42. The van der Waals surface area contributed by atoms with Gasteiger partial charge < -0.3 is 20.6 Å². The average Bonchev–Trinajstić information content (AvgIpc) is 3.15. The maximum Gasteiger partial charge on any atom is 0.327 e. The van der Waals surface area contributed by atoms with Crippen molar-refractivity contribution >= 4 is 24.5 Å². The minimum Gasteiger partial charge on any atom is -0.480 e. The molecular weight excluding hydrogens is 450 g/mol. The molecule has 0 bridgehead atoms. The summed E-state index contributed by atoms with van der Waals surface area (Å²) in [6.07, 6.45) is 8.96. The molecule has 0 aromatic rings. The van der Waals surface area contributed by atoms with Gasteiger partial charge in [0, 0.05) is 12.2 Å². The predicted molar refractivity (Wildman–Crippen MR) is 134 cm³/mol. The minimum atomic E-state index is -1.06. The number of hydrogen-bond acceptors (Lipinski definition) is 5. The molecule has 194 valence electrons. The first-order valence-corrected chi connectivity index (χ1v) is 14.1. The first kappa shape index (κ1) is 26.3. The molecule has 0 saturated heterocycles. The summed E-state index contributed by atoms with van der Waals surface area (Å²) >= 11 is 4.02. The van der Waals surface area contributed by atoms with Crippen molar-refractivity contribution in [2.24, 2.45) is 46.3 Å². The number of carbonyl (C=O) groups is 2. The van der Waals surface area contributed by atoms with Crippen LogP contribution in [0.5, 0.6) is 0 Å². The second-order valence-electron chi connectivity index (χ2n) is 12.5. The van der Waals surface area contributed by atoms with Crippen molar-refractivity contribution in [1.82, 2.24) is 5.32 Å². The van der Waals surface area contributed by atoms with Gasteiger partial charge in [-0.25, -0.2) is 4.79 Å². The molecule has 0 radical (unpaired) electrons. The number of carboxylic acid groups (broad SMARTS) is 1. The maximum atomic E-state index is 12.4. The zero-order chi connectivity index (χ0) is 24.8. The monoisotopic (exact) mass is 495 g/mol. The van der Waals surface area contributed by atoms with Crippen LogP contribution in [0.15, 0.2) is 0 Å². The van der Waals surface area contributed by atoms with Gasteiger partial charge in [0.05, 0.1) is 12.2 Å². The molecule has 6 nitrogen and oxygen atoms in total. The SMILES string of the molecule is CC(CCC(=O)NC(CS)C(=O)O)C1CCC2C3CCC4CC(O)CCC4(C)C3CC(O)C12C. The Hall–Kier alpha value is -0.790. The van der Waals surface area contributed by atoms with E-state index in [1.165, 1.54) is 12.8 Å². The number of amides is 1. The fourth-order valence-electron chi connectivity index (χ4n) is 9.17. The topological polar surface area (TPSA) is 107 Å². The third-order valence-electron chi connectivity index (χ3n) is 11.1. The highest BCUT2D eigenvalue weighted by molar-refractivity contribution is 7.80. The first-order valence-electron chi connectivity index (χ1n) is 13.5.